The molecule has 1 aromatic carbocycles. The number of anilines is 1. The third-order valence-electron chi connectivity index (χ3n) is 3.13. The molecule has 3 nitrogen and oxygen atoms in total. The first kappa shape index (κ1) is 11.0. The number of carbonyl (C=O) groups is 1. The molecule has 0 aromatic heterocycles. The normalized spacial score (nSPS) is 21.0. The molecule has 0 aliphatic carbocycles. The molecule has 0 spiro atoms. The number of hydrogen-bond donors (Lipinski definition) is 0. The standard InChI is InChI=1S/C13H18N2O/c1-10(2)12-9-14(3)13(16)15(12)11-7-5-4-6-8-11/h4-8,10,12H,9H2,1-3H3/t12-/m0/s1. The zero-order chi connectivity index (χ0) is 11.7. The minimum Gasteiger partial charge on any atom is -0.325 e. The average molecular weight is 218 g/mol. The summed E-state index contributed by atoms with van der Waals surface area (Å²) in [5, 5.41) is 0. The van der Waals surface area contributed by atoms with E-state index in [1.807, 2.05) is 42.3 Å². The first-order valence-corrected chi connectivity index (χ1v) is 5.70. The lowest BCUT2D eigenvalue weighted by molar-refractivity contribution is 0.229. The lowest BCUT2D eigenvalue weighted by atomic mass is 10.0. The van der Waals surface area contributed by atoms with Gasteiger partial charge in [0.1, 0.15) is 0 Å². The van der Waals surface area contributed by atoms with Gasteiger partial charge < -0.3 is 4.90 Å². The summed E-state index contributed by atoms with van der Waals surface area (Å²) in [5.41, 5.74) is 0.996. The van der Waals surface area contributed by atoms with Crippen LogP contribution in [0.5, 0.6) is 0 Å². The third kappa shape index (κ3) is 1.77. The molecule has 0 unspecified atom stereocenters. The monoisotopic (exact) mass is 218 g/mol. The van der Waals surface area contributed by atoms with E-state index < -0.39 is 0 Å². The molecule has 0 bridgehead atoms. The van der Waals surface area contributed by atoms with Crippen molar-refractivity contribution >= 4 is 11.7 Å². The molecule has 3 heteroatoms. The molecule has 1 saturated heterocycles. The zero-order valence-corrected chi connectivity index (χ0v) is 10.1. The Morgan fingerprint density at radius 1 is 1.25 bits per heavy atom. The maximum Gasteiger partial charge on any atom is 0.324 e. The Morgan fingerprint density at radius 2 is 1.88 bits per heavy atom. The maximum absolute atomic E-state index is 12.1. The number of carbonyl (C=O) groups excluding carboxylic acids is 1. The highest BCUT2D eigenvalue weighted by Gasteiger charge is 2.37. The fourth-order valence-electron chi connectivity index (χ4n) is 2.17. The first-order chi connectivity index (χ1) is 7.61. The Kier molecular flexibility index (Phi) is 2.86. The molecule has 1 aromatic rings. The van der Waals surface area contributed by atoms with Gasteiger partial charge in [-0.15, -0.1) is 0 Å². The van der Waals surface area contributed by atoms with E-state index in [0.717, 1.165) is 12.2 Å². The molecule has 2 amide bonds. The van der Waals surface area contributed by atoms with Gasteiger partial charge in [0.15, 0.2) is 0 Å². The molecular formula is C13H18N2O. The number of benzene rings is 1. The van der Waals surface area contributed by atoms with E-state index in [9.17, 15) is 4.79 Å². The van der Waals surface area contributed by atoms with Gasteiger partial charge in [-0.25, -0.2) is 4.79 Å². The predicted octanol–water partition coefficient (Wildman–Crippen LogP) is 2.58. The lowest BCUT2D eigenvalue weighted by Crippen LogP contribution is -2.37. The molecule has 1 aliphatic heterocycles. The van der Waals surface area contributed by atoms with Crippen LogP contribution in [0.25, 0.3) is 0 Å². The molecule has 16 heavy (non-hydrogen) atoms. The molecular weight excluding hydrogens is 200 g/mol. The number of urea groups is 1. The van der Waals surface area contributed by atoms with Crippen molar-refractivity contribution in [1.29, 1.82) is 0 Å². The van der Waals surface area contributed by atoms with E-state index in [2.05, 4.69) is 13.8 Å². The van der Waals surface area contributed by atoms with Gasteiger partial charge in [0.25, 0.3) is 0 Å². The minimum atomic E-state index is 0.102. The summed E-state index contributed by atoms with van der Waals surface area (Å²) in [5.74, 6) is 0.467. The number of hydrogen-bond acceptors (Lipinski definition) is 1. The Bertz CT molecular complexity index is 375. The van der Waals surface area contributed by atoms with Crippen molar-refractivity contribution in [2.24, 2.45) is 5.92 Å². The highest BCUT2D eigenvalue weighted by molar-refractivity contribution is 5.94. The van der Waals surface area contributed by atoms with E-state index in [-0.39, 0.29) is 12.1 Å². The van der Waals surface area contributed by atoms with Gasteiger partial charge in [-0.2, -0.15) is 0 Å². The van der Waals surface area contributed by atoms with Gasteiger partial charge in [-0.05, 0) is 18.1 Å². The summed E-state index contributed by atoms with van der Waals surface area (Å²) in [6, 6.07) is 10.3. The van der Waals surface area contributed by atoms with Crippen molar-refractivity contribution in [3.8, 4) is 0 Å². The first-order valence-electron chi connectivity index (χ1n) is 5.70. The summed E-state index contributed by atoms with van der Waals surface area (Å²) in [4.78, 5) is 15.8. The number of amides is 2. The quantitative estimate of drug-likeness (QED) is 0.748. The van der Waals surface area contributed by atoms with Crippen LogP contribution in [0, 0.1) is 5.92 Å². The second-order valence-corrected chi connectivity index (χ2v) is 4.68. The highest BCUT2D eigenvalue weighted by Crippen LogP contribution is 2.27. The van der Waals surface area contributed by atoms with Crippen LogP contribution in [-0.2, 0) is 0 Å². The minimum absolute atomic E-state index is 0.102. The fraction of sp³-hybridized carbons (Fsp3) is 0.462. The van der Waals surface area contributed by atoms with Gasteiger partial charge in [0.05, 0.1) is 6.04 Å². The zero-order valence-electron chi connectivity index (χ0n) is 10.1. The molecule has 1 heterocycles. The second-order valence-electron chi connectivity index (χ2n) is 4.68. The van der Waals surface area contributed by atoms with Crippen LogP contribution in [0.4, 0.5) is 10.5 Å². The largest absolute Gasteiger partial charge is 0.325 e. The Labute approximate surface area is 96.7 Å². The molecule has 1 atom stereocenters. The fourth-order valence-corrected chi connectivity index (χ4v) is 2.17. The van der Waals surface area contributed by atoms with Crippen LogP contribution >= 0.6 is 0 Å². The second kappa shape index (κ2) is 4.16. The van der Waals surface area contributed by atoms with Gasteiger partial charge in [-0.1, -0.05) is 32.0 Å². The summed E-state index contributed by atoms with van der Waals surface area (Å²) in [6.07, 6.45) is 0. The van der Waals surface area contributed by atoms with E-state index in [1.54, 1.807) is 4.90 Å². The van der Waals surface area contributed by atoms with Crippen molar-refractivity contribution in [2.75, 3.05) is 18.5 Å². The number of para-hydroxylation sites is 1. The van der Waals surface area contributed by atoms with Crippen LogP contribution in [0.3, 0.4) is 0 Å². The van der Waals surface area contributed by atoms with E-state index in [1.165, 1.54) is 0 Å². The van der Waals surface area contributed by atoms with Crippen LogP contribution in [-0.4, -0.2) is 30.6 Å². The van der Waals surface area contributed by atoms with E-state index in [4.69, 9.17) is 0 Å². The summed E-state index contributed by atoms with van der Waals surface area (Å²) in [6.45, 7) is 5.13. The van der Waals surface area contributed by atoms with Crippen LogP contribution in [0.15, 0.2) is 30.3 Å². The molecule has 0 N–H and O–H groups in total. The van der Waals surface area contributed by atoms with Gasteiger partial charge >= 0.3 is 6.03 Å². The van der Waals surface area contributed by atoms with Gasteiger partial charge in [0, 0.05) is 19.3 Å². The summed E-state index contributed by atoms with van der Waals surface area (Å²) >= 11 is 0. The molecule has 1 fully saturated rings. The SMILES string of the molecule is CC(C)[C@@H]1CN(C)C(=O)N1c1ccccc1. The van der Waals surface area contributed by atoms with Crippen LogP contribution in [0.2, 0.25) is 0 Å². The van der Waals surface area contributed by atoms with E-state index >= 15 is 0 Å². The Morgan fingerprint density at radius 3 is 2.44 bits per heavy atom. The number of likely N-dealkylation sites (N-methyl/N-ethyl adjacent to an activating group) is 1. The molecule has 0 saturated carbocycles. The number of nitrogens with zero attached hydrogens (tertiary/aromatic N) is 2. The summed E-state index contributed by atoms with van der Waals surface area (Å²) < 4.78 is 0. The third-order valence-corrected chi connectivity index (χ3v) is 3.13. The average Bonchev–Trinajstić information content (AvgIpc) is 2.57. The van der Waals surface area contributed by atoms with Crippen molar-refractivity contribution < 1.29 is 4.79 Å². The van der Waals surface area contributed by atoms with E-state index in [0.29, 0.717) is 5.92 Å². The highest BCUT2D eigenvalue weighted by atomic mass is 16.2. The smallest absolute Gasteiger partial charge is 0.324 e. The van der Waals surface area contributed by atoms with Gasteiger partial charge in [-0.3, -0.25) is 4.90 Å². The van der Waals surface area contributed by atoms with Crippen LogP contribution in [0.1, 0.15) is 13.8 Å². The lowest BCUT2D eigenvalue weighted by Gasteiger charge is -2.25. The topological polar surface area (TPSA) is 23.6 Å². The maximum atomic E-state index is 12.1. The Balaban J connectivity index is 2.33. The summed E-state index contributed by atoms with van der Waals surface area (Å²) in [7, 11) is 1.86. The van der Waals surface area contributed by atoms with Crippen molar-refractivity contribution in [1.82, 2.24) is 4.90 Å². The van der Waals surface area contributed by atoms with Crippen molar-refractivity contribution in [2.45, 2.75) is 19.9 Å². The van der Waals surface area contributed by atoms with Crippen LogP contribution < -0.4 is 4.90 Å². The molecule has 86 valence electrons. The molecule has 1 aliphatic rings. The molecule has 2 rings (SSSR count). The van der Waals surface area contributed by atoms with Crippen molar-refractivity contribution in [3.63, 3.8) is 0 Å². The Hall–Kier alpha value is -1.51. The number of rotatable bonds is 2. The van der Waals surface area contributed by atoms with Crippen molar-refractivity contribution in [3.05, 3.63) is 30.3 Å². The predicted molar refractivity (Wildman–Crippen MR) is 65.6 cm³/mol. The molecule has 0 radical (unpaired) electrons. The van der Waals surface area contributed by atoms with Gasteiger partial charge in [0.2, 0.25) is 0 Å².